The lowest BCUT2D eigenvalue weighted by molar-refractivity contribution is 0.303. The van der Waals surface area contributed by atoms with Gasteiger partial charge in [-0.1, -0.05) is 0 Å². The van der Waals surface area contributed by atoms with Gasteiger partial charge in [-0.15, -0.1) is 0 Å². The second-order valence-corrected chi connectivity index (χ2v) is 4.24. The third kappa shape index (κ3) is 1.52. The van der Waals surface area contributed by atoms with Gasteiger partial charge in [-0.05, 0) is 24.3 Å². The first-order chi connectivity index (χ1) is 9.43. The molecule has 3 aromatic heterocycles. The number of ether oxygens (including phenoxy) is 1. The summed E-state index contributed by atoms with van der Waals surface area (Å²) in [6, 6.07) is 5.90. The lowest BCUT2D eigenvalue weighted by atomic mass is 10.2. The largest absolute Gasteiger partial charge is 0.496 e. The van der Waals surface area contributed by atoms with Crippen molar-refractivity contribution >= 4 is 34.3 Å². The van der Waals surface area contributed by atoms with Crippen molar-refractivity contribution in [3.05, 3.63) is 42.3 Å². The maximum Gasteiger partial charge on any atom is 0.150 e. The van der Waals surface area contributed by atoms with E-state index >= 15 is 0 Å². The molecule has 3 aromatic rings. The Morgan fingerprint density at radius 2 is 2.00 bits per heavy atom. The molecule has 5 nitrogen and oxygen atoms in total. The second kappa shape index (κ2) is 3.91. The van der Waals surface area contributed by atoms with Crippen molar-refractivity contribution in [1.82, 2.24) is 19.5 Å². The van der Waals surface area contributed by atoms with Crippen LogP contribution in [0.2, 0.25) is 0 Å². The highest BCUT2D eigenvalue weighted by Gasteiger charge is 2.07. The summed E-state index contributed by atoms with van der Waals surface area (Å²) in [5.74, 6) is 0. The van der Waals surface area contributed by atoms with E-state index in [1.165, 1.54) is 0 Å². The van der Waals surface area contributed by atoms with Crippen molar-refractivity contribution in [3.8, 4) is 0 Å². The molecule has 0 fully saturated rings. The van der Waals surface area contributed by atoms with Gasteiger partial charge in [0.1, 0.15) is 19.2 Å². The molecule has 0 saturated carbocycles. The average Bonchev–Trinajstić information content (AvgIpc) is 2.76. The lowest BCUT2D eigenvalue weighted by Gasteiger charge is -2.03. The van der Waals surface area contributed by atoms with Gasteiger partial charge >= 0.3 is 0 Å². The molecular weight excluding hydrogens is 240 g/mol. The van der Waals surface area contributed by atoms with E-state index in [2.05, 4.69) is 15.0 Å². The van der Waals surface area contributed by atoms with Crippen molar-refractivity contribution in [2.75, 3.05) is 6.61 Å². The number of hydrogen-bond donors (Lipinski definition) is 0. The summed E-state index contributed by atoms with van der Waals surface area (Å²) in [5, 5.41) is 1.97. The van der Waals surface area contributed by atoms with E-state index in [-0.39, 0.29) is 0 Å². The molecule has 0 unspecified atom stereocenters. The summed E-state index contributed by atoms with van der Waals surface area (Å²) >= 11 is 0. The number of aromatic nitrogens is 4. The fraction of sp³-hybridized carbons (Fsp3) is 0.0714. The summed E-state index contributed by atoms with van der Waals surface area (Å²) in [7, 11) is 0. The third-order valence-electron chi connectivity index (χ3n) is 3.17. The van der Waals surface area contributed by atoms with Gasteiger partial charge < -0.3 is 4.74 Å². The zero-order valence-electron chi connectivity index (χ0n) is 10.0. The normalized spacial score (nSPS) is 13.7. The van der Waals surface area contributed by atoms with Crippen molar-refractivity contribution in [1.29, 1.82) is 0 Å². The van der Waals surface area contributed by atoms with Crippen molar-refractivity contribution < 1.29 is 4.74 Å². The van der Waals surface area contributed by atoms with Gasteiger partial charge in [0.2, 0.25) is 0 Å². The van der Waals surface area contributed by atoms with E-state index in [4.69, 9.17) is 4.74 Å². The van der Waals surface area contributed by atoms with Gasteiger partial charge in [-0.2, -0.15) is 0 Å². The molecule has 0 aromatic carbocycles. The second-order valence-electron chi connectivity index (χ2n) is 4.24. The molecule has 1 aliphatic heterocycles. The van der Waals surface area contributed by atoms with Gasteiger partial charge in [0, 0.05) is 17.7 Å². The molecule has 0 aliphatic carbocycles. The van der Waals surface area contributed by atoms with Crippen LogP contribution < -0.4 is 5.35 Å². The van der Waals surface area contributed by atoms with Crippen LogP contribution in [-0.2, 0) is 4.74 Å². The molecule has 0 N–H and O–H groups in total. The molecule has 0 amide bonds. The molecule has 4 rings (SSSR count). The molecule has 4 heterocycles. The number of rotatable bonds is 0. The van der Waals surface area contributed by atoms with Crippen molar-refractivity contribution in [3.63, 3.8) is 0 Å². The molecule has 5 heteroatoms. The Balaban J connectivity index is 2.36. The highest BCUT2D eigenvalue weighted by molar-refractivity contribution is 6.03. The van der Waals surface area contributed by atoms with Crippen LogP contribution in [0.4, 0.5) is 0 Å². The smallest absolute Gasteiger partial charge is 0.150 e. The van der Waals surface area contributed by atoms with Crippen LogP contribution in [0.5, 0.6) is 0 Å². The standard InChI is InChI=1S/C14H10N4O/c1-2-11-13-12(3-5-15-11)16-9-17-14(13)18-6-8-19-7-4-10(1)18/h1-6,8-9H,7H2. The Bertz CT molecular complexity index is 874. The fourth-order valence-electron chi connectivity index (χ4n) is 2.31. The zero-order chi connectivity index (χ0) is 12.7. The first-order valence-corrected chi connectivity index (χ1v) is 5.99. The predicted octanol–water partition coefficient (Wildman–Crippen LogP) is 1.50. The Labute approximate surface area is 108 Å². The van der Waals surface area contributed by atoms with Gasteiger partial charge in [-0.25, -0.2) is 9.97 Å². The number of fused-ring (bicyclic) bond motifs is 2. The highest BCUT2D eigenvalue weighted by Crippen LogP contribution is 2.19. The first-order valence-electron chi connectivity index (χ1n) is 5.99. The minimum atomic E-state index is 0.546. The van der Waals surface area contributed by atoms with Crippen LogP contribution in [-0.4, -0.2) is 26.1 Å². The SMILES string of the molecule is C1=Cn2c(ccc3nccc4ncnc2c34)=CCO1. The zero-order valence-corrected chi connectivity index (χ0v) is 10.0. The van der Waals surface area contributed by atoms with E-state index < -0.39 is 0 Å². The van der Waals surface area contributed by atoms with Crippen LogP contribution in [0, 0.1) is 0 Å². The third-order valence-corrected chi connectivity index (χ3v) is 3.17. The number of nitrogens with zero attached hydrogens (tertiary/aromatic N) is 4. The summed E-state index contributed by atoms with van der Waals surface area (Å²) in [4.78, 5) is 13.1. The Morgan fingerprint density at radius 1 is 1.05 bits per heavy atom. The Morgan fingerprint density at radius 3 is 3.00 bits per heavy atom. The van der Waals surface area contributed by atoms with Crippen LogP contribution in [0.3, 0.4) is 0 Å². The summed E-state index contributed by atoms with van der Waals surface area (Å²) in [5.41, 5.74) is 2.60. The summed E-state index contributed by atoms with van der Waals surface area (Å²) in [6.45, 7) is 0.546. The minimum Gasteiger partial charge on any atom is -0.496 e. The van der Waals surface area contributed by atoms with E-state index in [0.29, 0.717) is 6.61 Å². The molecule has 0 radical (unpaired) electrons. The fourth-order valence-corrected chi connectivity index (χ4v) is 2.31. The molecule has 92 valence electrons. The van der Waals surface area contributed by atoms with Crippen LogP contribution in [0.1, 0.15) is 0 Å². The van der Waals surface area contributed by atoms with E-state index in [0.717, 1.165) is 27.4 Å². The summed E-state index contributed by atoms with van der Waals surface area (Å²) < 4.78 is 7.31. The van der Waals surface area contributed by atoms with Gasteiger partial charge in [0.25, 0.3) is 0 Å². The lowest BCUT2D eigenvalue weighted by Crippen LogP contribution is -2.13. The molecule has 0 bridgehead atoms. The number of pyridine rings is 1. The molecule has 0 atom stereocenters. The van der Waals surface area contributed by atoms with Gasteiger partial charge in [-0.3, -0.25) is 9.55 Å². The predicted molar refractivity (Wildman–Crippen MR) is 72.6 cm³/mol. The van der Waals surface area contributed by atoms with Crippen LogP contribution >= 0.6 is 0 Å². The Kier molecular flexibility index (Phi) is 2.11. The topological polar surface area (TPSA) is 52.8 Å². The maximum absolute atomic E-state index is 5.32. The van der Waals surface area contributed by atoms with Crippen LogP contribution in [0.15, 0.2) is 37.0 Å². The minimum absolute atomic E-state index is 0.546. The average molecular weight is 250 g/mol. The highest BCUT2D eigenvalue weighted by atomic mass is 16.5. The quantitative estimate of drug-likeness (QED) is 0.606. The van der Waals surface area contributed by atoms with Gasteiger partial charge in [0.15, 0.2) is 5.65 Å². The number of hydrogen-bond acceptors (Lipinski definition) is 4. The summed E-state index contributed by atoms with van der Waals surface area (Å²) in [6.07, 6.45) is 8.89. The monoisotopic (exact) mass is 250 g/mol. The van der Waals surface area contributed by atoms with Crippen molar-refractivity contribution in [2.45, 2.75) is 0 Å². The molecule has 19 heavy (non-hydrogen) atoms. The molecule has 0 spiro atoms. The van der Waals surface area contributed by atoms with Gasteiger partial charge in [0.05, 0.1) is 16.4 Å². The van der Waals surface area contributed by atoms with Crippen molar-refractivity contribution in [2.24, 2.45) is 0 Å². The molecule has 0 saturated heterocycles. The molecular formula is C14H10N4O. The van der Waals surface area contributed by atoms with E-state index in [1.54, 1.807) is 18.8 Å². The maximum atomic E-state index is 5.32. The molecule has 1 aliphatic rings. The van der Waals surface area contributed by atoms with Crippen LogP contribution in [0.25, 0.3) is 34.3 Å². The van der Waals surface area contributed by atoms with E-state index in [9.17, 15) is 0 Å². The Hall–Kier alpha value is -2.69. The first kappa shape index (κ1) is 10.3. The van der Waals surface area contributed by atoms with E-state index in [1.807, 2.05) is 35.0 Å².